The van der Waals surface area contributed by atoms with Gasteiger partial charge in [-0.3, -0.25) is 4.68 Å². The van der Waals surface area contributed by atoms with Crippen molar-refractivity contribution in [3.8, 4) is 5.75 Å². The van der Waals surface area contributed by atoms with Crippen molar-refractivity contribution in [3.63, 3.8) is 0 Å². The third-order valence-electron chi connectivity index (χ3n) is 2.63. The van der Waals surface area contributed by atoms with Gasteiger partial charge < -0.3 is 10.5 Å². The number of aromatic nitrogens is 2. The first-order chi connectivity index (χ1) is 7.70. The van der Waals surface area contributed by atoms with Gasteiger partial charge in [0.1, 0.15) is 5.75 Å². The van der Waals surface area contributed by atoms with Crippen LogP contribution in [0.5, 0.6) is 5.75 Å². The molecule has 2 rings (SSSR count). The van der Waals surface area contributed by atoms with E-state index in [4.69, 9.17) is 10.5 Å². The van der Waals surface area contributed by atoms with E-state index in [-0.39, 0.29) is 0 Å². The van der Waals surface area contributed by atoms with E-state index in [1.807, 2.05) is 35.9 Å². The SMILES string of the molecule is COc1ccc(Cn2ncc(N)c2C)cc1. The van der Waals surface area contributed by atoms with E-state index in [0.29, 0.717) is 0 Å². The Morgan fingerprint density at radius 2 is 2.00 bits per heavy atom. The number of anilines is 1. The van der Waals surface area contributed by atoms with Crippen molar-refractivity contribution in [1.29, 1.82) is 0 Å². The minimum absolute atomic E-state index is 0.729. The first kappa shape index (κ1) is 10.5. The molecule has 1 aromatic carbocycles. The Morgan fingerprint density at radius 3 is 2.50 bits per heavy atom. The highest BCUT2D eigenvalue weighted by molar-refractivity contribution is 5.40. The van der Waals surface area contributed by atoms with Gasteiger partial charge in [0, 0.05) is 0 Å². The number of benzene rings is 1. The topological polar surface area (TPSA) is 53.1 Å². The summed E-state index contributed by atoms with van der Waals surface area (Å²) in [6.45, 7) is 2.69. The minimum atomic E-state index is 0.729. The van der Waals surface area contributed by atoms with Crippen molar-refractivity contribution in [2.24, 2.45) is 0 Å². The molecule has 0 spiro atoms. The van der Waals surface area contributed by atoms with Gasteiger partial charge in [0.2, 0.25) is 0 Å². The van der Waals surface area contributed by atoms with E-state index in [1.54, 1.807) is 13.3 Å². The Bertz CT molecular complexity index is 474. The number of rotatable bonds is 3. The monoisotopic (exact) mass is 217 g/mol. The average molecular weight is 217 g/mol. The summed E-state index contributed by atoms with van der Waals surface area (Å²) in [4.78, 5) is 0. The highest BCUT2D eigenvalue weighted by atomic mass is 16.5. The molecule has 0 unspecified atom stereocenters. The molecule has 2 N–H and O–H groups in total. The van der Waals surface area contributed by atoms with Crippen LogP contribution < -0.4 is 10.5 Å². The number of ether oxygens (including phenoxy) is 1. The van der Waals surface area contributed by atoms with E-state index in [9.17, 15) is 0 Å². The molecule has 0 saturated carbocycles. The van der Waals surface area contributed by atoms with Crippen LogP contribution in [0.25, 0.3) is 0 Å². The molecule has 1 aromatic heterocycles. The number of nitrogens with two attached hydrogens (primary N) is 1. The van der Waals surface area contributed by atoms with Crippen LogP contribution in [0.1, 0.15) is 11.3 Å². The quantitative estimate of drug-likeness (QED) is 0.853. The summed E-state index contributed by atoms with van der Waals surface area (Å²) < 4.78 is 6.99. The summed E-state index contributed by atoms with van der Waals surface area (Å²) >= 11 is 0. The number of nitrogen functional groups attached to an aromatic ring is 1. The van der Waals surface area contributed by atoms with Gasteiger partial charge in [0.25, 0.3) is 0 Å². The summed E-state index contributed by atoms with van der Waals surface area (Å²) in [6, 6.07) is 7.93. The minimum Gasteiger partial charge on any atom is -0.497 e. The lowest BCUT2D eigenvalue weighted by Crippen LogP contribution is -2.04. The van der Waals surface area contributed by atoms with Crippen molar-refractivity contribution >= 4 is 5.69 Å². The second-order valence-electron chi connectivity index (χ2n) is 3.69. The lowest BCUT2D eigenvalue weighted by molar-refractivity contribution is 0.414. The van der Waals surface area contributed by atoms with Crippen molar-refractivity contribution in [3.05, 3.63) is 41.7 Å². The van der Waals surface area contributed by atoms with Crippen molar-refractivity contribution < 1.29 is 4.74 Å². The maximum atomic E-state index is 5.74. The van der Waals surface area contributed by atoms with Gasteiger partial charge in [-0.15, -0.1) is 0 Å². The van der Waals surface area contributed by atoms with Crippen molar-refractivity contribution in [2.45, 2.75) is 13.5 Å². The van der Waals surface area contributed by atoms with Crippen molar-refractivity contribution in [2.75, 3.05) is 12.8 Å². The van der Waals surface area contributed by atoms with E-state index in [2.05, 4.69) is 5.10 Å². The van der Waals surface area contributed by atoms with Crippen LogP contribution in [-0.4, -0.2) is 16.9 Å². The Hall–Kier alpha value is -1.97. The van der Waals surface area contributed by atoms with Crippen molar-refractivity contribution in [1.82, 2.24) is 9.78 Å². The van der Waals surface area contributed by atoms with E-state index in [1.165, 1.54) is 5.56 Å². The fourth-order valence-electron chi connectivity index (χ4n) is 1.52. The van der Waals surface area contributed by atoms with Gasteiger partial charge in [-0.2, -0.15) is 5.10 Å². The third-order valence-corrected chi connectivity index (χ3v) is 2.63. The van der Waals surface area contributed by atoms with Gasteiger partial charge in [-0.05, 0) is 24.6 Å². The fourth-order valence-corrected chi connectivity index (χ4v) is 1.52. The van der Waals surface area contributed by atoms with Gasteiger partial charge >= 0.3 is 0 Å². The van der Waals surface area contributed by atoms with Gasteiger partial charge in [-0.25, -0.2) is 0 Å². The second kappa shape index (κ2) is 4.26. The molecule has 0 aliphatic rings. The molecule has 1 heterocycles. The van der Waals surface area contributed by atoms with Crippen LogP contribution >= 0.6 is 0 Å². The highest BCUT2D eigenvalue weighted by Crippen LogP contribution is 2.14. The second-order valence-corrected chi connectivity index (χ2v) is 3.69. The molecule has 4 heteroatoms. The molecule has 4 nitrogen and oxygen atoms in total. The molecule has 0 atom stereocenters. The number of hydrogen-bond acceptors (Lipinski definition) is 3. The maximum absolute atomic E-state index is 5.74. The molecule has 2 aromatic rings. The standard InChI is InChI=1S/C12H15N3O/c1-9-12(13)7-14-15(9)8-10-3-5-11(16-2)6-4-10/h3-7H,8,13H2,1-2H3. The van der Waals surface area contributed by atoms with Crippen LogP contribution in [0.4, 0.5) is 5.69 Å². The summed E-state index contributed by atoms with van der Waals surface area (Å²) in [5.41, 5.74) is 8.64. The smallest absolute Gasteiger partial charge is 0.118 e. The van der Waals surface area contributed by atoms with E-state index in [0.717, 1.165) is 23.7 Å². The molecular formula is C12H15N3O. The molecular weight excluding hydrogens is 202 g/mol. The molecule has 0 aliphatic carbocycles. The van der Waals surface area contributed by atoms with Crippen LogP contribution in [-0.2, 0) is 6.54 Å². The van der Waals surface area contributed by atoms with Crippen LogP contribution in [0.2, 0.25) is 0 Å². The summed E-state index contributed by atoms with van der Waals surface area (Å²) in [5.74, 6) is 0.862. The molecule has 0 radical (unpaired) electrons. The zero-order valence-corrected chi connectivity index (χ0v) is 9.47. The van der Waals surface area contributed by atoms with E-state index >= 15 is 0 Å². The first-order valence-corrected chi connectivity index (χ1v) is 5.11. The van der Waals surface area contributed by atoms with Gasteiger partial charge in [0.15, 0.2) is 0 Å². The van der Waals surface area contributed by atoms with Crippen LogP contribution in [0.3, 0.4) is 0 Å². The molecule has 16 heavy (non-hydrogen) atoms. The zero-order chi connectivity index (χ0) is 11.5. The zero-order valence-electron chi connectivity index (χ0n) is 9.47. The van der Waals surface area contributed by atoms with Gasteiger partial charge in [0.05, 0.1) is 31.2 Å². The average Bonchev–Trinajstić information content (AvgIpc) is 2.62. The largest absolute Gasteiger partial charge is 0.497 e. The molecule has 0 saturated heterocycles. The molecule has 0 fully saturated rings. The summed E-state index contributed by atoms with van der Waals surface area (Å²) in [5, 5.41) is 4.21. The van der Waals surface area contributed by atoms with Gasteiger partial charge in [-0.1, -0.05) is 12.1 Å². The first-order valence-electron chi connectivity index (χ1n) is 5.11. The summed E-state index contributed by atoms with van der Waals surface area (Å²) in [7, 11) is 1.66. The Morgan fingerprint density at radius 1 is 1.31 bits per heavy atom. The van der Waals surface area contributed by atoms with Crippen LogP contribution in [0.15, 0.2) is 30.5 Å². The van der Waals surface area contributed by atoms with E-state index < -0.39 is 0 Å². The molecule has 0 aliphatic heterocycles. The Kier molecular flexibility index (Phi) is 2.81. The summed E-state index contributed by atoms with van der Waals surface area (Å²) in [6.07, 6.45) is 1.68. The fraction of sp³-hybridized carbons (Fsp3) is 0.250. The Labute approximate surface area is 94.6 Å². The molecule has 0 amide bonds. The number of methoxy groups -OCH3 is 1. The predicted octanol–water partition coefficient (Wildman–Crippen LogP) is 1.83. The normalized spacial score (nSPS) is 10.4. The lowest BCUT2D eigenvalue weighted by Gasteiger charge is -2.06. The number of nitrogens with zero attached hydrogens (tertiary/aromatic N) is 2. The highest BCUT2D eigenvalue weighted by Gasteiger charge is 2.03. The molecule has 84 valence electrons. The maximum Gasteiger partial charge on any atom is 0.118 e. The Balaban J connectivity index is 2.17. The third kappa shape index (κ3) is 2.00. The number of hydrogen-bond donors (Lipinski definition) is 1. The van der Waals surface area contributed by atoms with Crippen LogP contribution in [0, 0.1) is 6.92 Å². The predicted molar refractivity (Wildman–Crippen MR) is 63.5 cm³/mol. The molecule has 0 bridgehead atoms. The lowest BCUT2D eigenvalue weighted by atomic mass is 10.2.